The van der Waals surface area contributed by atoms with Crippen molar-refractivity contribution in [2.75, 3.05) is 6.67 Å². The van der Waals surface area contributed by atoms with Crippen molar-refractivity contribution in [2.45, 2.75) is 97.2 Å². The molecule has 0 aromatic heterocycles. The van der Waals surface area contributed by atoms with Crippen molar-refractivity contribution in [3.63, 3.8) is 0 Å². The third-order valence-electron chi connectivity index (χ3n) is 4.14. The van der Waals surface area contributed by atoms with Crippen molar-refractivity contribution in [3.8, 4) is 0 Å². The van der Waals surface area contributed by atoms with E-state index in [4.69, 9.17) is 4.74 Å². The highest BCUT2D eigenvalue weighted by atomic mass is 16.6. The van der Waals surface area contributed by atoms with E-state index in [1.807, 2.05) is 0 Å². The molecule has 2 unspecified atom stereocenters. The Kier molecular flexibility index (Phi) is 14.6. The highest BCUT2D eigenvalue weighted by molar-refractivity contribution is 5.78. The van der Waals surface area contributed by atoms with Crippen LogP contribution in [0.25, 0.3) is 0 Å². The summed E-state index contributed by atoms with van der Waals surface area (Å²) in [5.41, 5.74) is 0. The highest BCUT2D eigenvalue weighted by Gasteiger charge is 2.22. The van der Waals surface area contributed by atoms with Crippen molar-refractivity contribution in [2.24, 2.45) is 0 Å². The summed E-state index contributed by atoms with van der Waals surface area (Å²) in [7, 11) is 0. The van der Waals surface area contributed by atoms with Crippen LogP contribution in [-0.2, 0) is 19.1 Å². The van der Waals surface area contributed by atoms with Gasteiger partial charge in [-0.25, -0.2) is 0 Å². The smallest absolute Gasteiger partial charge is 0.305 e. The molecule has 0 rings (SSSR count). The summed E-state index contributed by atoms with van der Waals surface area (Å²) < 4.78 is 5.36. The number of carbonyl (C=O) groups excluding carboxylic acids is 3. The number of hydrogen-bond acceptors (Lipinski definition) is 5. The van der Waals surface area contributed by atoms with Gasteiger partial charge >= 0.3 is 5.97 Å². The van der Waals surface area contributed by atoms with E-state index in [-0.39, 0.29) is 24.5 Å². The van der Waals surface area contributed by atoms with E-state index in [0.29, 0.717) is 44.9 Å². The molecular weight excluding hydrogens is 336 g/mol. The summed E-state index contributed by atoms with van der Waals surface area (Å²) >= 11 is 0. The first-order valence-electron chi connectivity index (χ1n) is 9.85. The van der Waals surface area contributed by atoms with E-state index >= 15 is 0 Å². The second-order valence-corrected chi connectivity index (χ2v) is 6.42. The van der Waals surface area contributed by atoms with Gasteiger partial charge in [0.2, 0.25) is 11.8 Å². The van der Waals surface area contributed by atoms with E-state index < -0.39 is 12.2 Å². The molecule has 2 atom stereocenters. The number of unbranched alkanes of at least 4 members (excludes halogenated alkanes) is 3. The van der Waals surface area contributed by atoms with Gasteiger partial charge in [0.05, 0.1) is 12.8 Å². The fourth-order valence-electron chi connectivity index (χ4n) is 2.46. The van der Waals surface area contributed by atoms with E-state index in [1.165, 1.54) is 0 Å². The molecular formula is C19H36N2O5. The van der Waals surface area contributed by atoms with Crippen LogP contribution in [0, 0.1) is 0 Å². The Hall–Kier alpha value is -1.63. The van der Waals surface area contributed by atoms with Crippen LogP contribution in [0.3, 0.4) is 0 Å². The Morgan fingerprint density at radius 1 is 0.885 bits per heavy atom. The lowest BCUT2D eigenvalue weighted by molar-refractivity contribution is -0.155. The van der Waals surface area contributed by atoms with Gasteiger partial charge in [0.25, 0.3) is 0 Å². The van der Waals surface area contributed by atoms with Gasteiger partial charge in [-0.15, -0.1) is 0 Å². The minimum Gasteiger partial charge on any atom is -0.460 e. The van der Waals surface area contributed by atoms with Crippen molar-refractivity contribution in [1.82, 2.24) is 10.6 Å². The second kappa shape index (κ2) is 15.6. The van der Waals surface area contributed by atoms with Crippen LogP contribution in [-0.4, -0.2) is 41.8 Å². The maximum Gasteiger partial charge on any atom is 0.305 e. The predicted octanol–water partition coefficient (Wildman–Crippen LogP) is 2.41. The number of carbonyl (C=O) groups is 3. The number of nitrogens with one attached hydrogen (secondary N) is 2. The Bertz CT molecular complexity index is 415. The maximum atomic E-state index is 11.7. The van der Waals surface area contributed by atoms with Gasteiger partial charge in [-0.2, -0.15) is 0 Å². The number of rotatable bonds is 15. The largest absolute Gasteiger partial charge is 0.460 e. The van der Waals surface area contributed by atoms with E-state index in [0.717, 1.165) is 19.3 Å². The molecule has 0 aliphatic carbocycles. The monoisotopic (exact) mass is 372 g/mol. The molecule has 0 spiro atoms. The molecule has 26 heavy (non-hydrogen) atoms. The highest BCUT2D eigenvalue weighted by Crippen LogP contribution is 2.16. The summed E-state index contributed by atoms with van der Waals surface area (Å²) in [5, 5.41) is 15.5. The fraction of sp³-hybridized carbons (Fsp3) is 0.842. The first kappa shape index (κ1) is 24.4. The van der Waals surface area contributed by atoms with Crippen LogP contribution >= 0.6 is 0 Å². The van der Waals surface area contributed by atoms with Crippen LogP contribution in [0.15, 0.2) is 0 Å². The standard InChI is InChI=1S/C19H36N2O5/c1-4-7-8-12-16(26-19(25)6-3)15(22)11-9-10-13-18(24)21-14-20-17(23)5-2/h15-16,22H,4-14H2,1-3H3,(H,20,23)(H,21,24). The molecule has 3 N–H and O–H groups in total. The van der Waals surface area contributed by atoms with Crippen LogP contribution in [0.2, 0.25) is 0 Å². The summed E-state index contributed by atoms with van der Waals surface area (Å²) in [6.45, 7) is 5.72. The minimum absolute atomic E-state index is 0.107. The number of aliphatic hydroxyl groups excluding tert-OH is 1. The zero-order chi connectivity index (χ0) is 19.8. The van der Waals surface area contributed by atoms with Crippen molar-refractivity contribution in [1.29, 1.82) is 0 Å². The molecule has 2 amide bonds. The molecule has 0 aromatic carbocycles. The number of amides is 2. The molecule has 7 heteroatoms. The van der Waals surface area contributed by atoms with Gasteiger partial charge in [0.15, 0.2) is 0 Å². The van der Waals surface area contributed by atoms with Crippen molar-refractivity contribution < 1.29 is 24.2 Å². The third kappa shape index (κ3) is 12.7. The number of aliphatic hydroxyl groups is 1. The molecule has 0 bridgehead atoms. The number of esters is 1. The van der Waals surface area contributed by atoms with Gasteiger partial charge in [0.1, 0.15) is 6.10 Å². The third-order valence-corrected chi connectivity index (χ3v) is 4.14. The maximum absolute atomic E-state index is 11.7. The van der Waals surface area contributed by atoms with E-state index in [2.05, 4.69) is 17.6 Å². The minimum atomic E-state index is -0.700. The average Bonchev–Trinajstić information content (AvgIpc) is 2.63. The Morgan fingerprint density at radius 2 is 1.54 bits per heavy atom. The predicted molar refractivity (Wildman–Crippen MR) is 100 cm³/mol. The molecule has 0 aliphatic rings. The lowest BCUT2D eigenvalue weighted by Crippen LogP contribution is -2.36. The molecule has 7 nitrogen and oxygen atoms in total. The average molecular weight is 373 g/mol. The molecule has 0 aliphatic heterocycles. The van der Waals surface area contributed by atoms with Crippen LogP contribution in [0.5, 0.6) is 0 Å². The summed E-state index contributed by atoms with van der Waals surface area (Å²) in [6.07, 6.45) is 5.34. The zero-order valence-electron chi connectivity index (χ0n) is 16.5. The second-order valence-electron chi connectivity index (χ2n) is 6.42. The van der Waals surface area contributed by atoms with Crippen LogP contribution in [0.1, 0.15) is 85.0 Å². The Labute approximate surface area is 157 Å². The molecule has 0 fully saturated rings. The van der Waals surface area contributed by atoms with E-state index in [1.54, 1.807) is 13.8 Å². The van der Waals surface area contributed by atoms with Crippen molar-refractivity contribution >= 4 is 17.8 Å². The van der Waals surface area contributed by atoms with Gasteiger partial charge in [-0.1, -0.05) is 40.0 Å². The molecule has 0 saturated heterocycles. The Balaban J connectivity index is 4.04. The summed E-state index contributed by atoms with van der Waals surface area (Å²) in [4.78, 5) is 34.2. The SMILES string of the molecule is CCCCCC(OC(=O)CC)C(O)CCCCC(=O)NCNC(=O)CC. The van der Waals surface area contributed by atoms with Crippen LogP contribution in [0.4, 0.5) is 0 Å². The topological polar surface area (TPSA) is 105 Å². The lowest BCUT2D eigenvalue weighted by atomic mass is 10.0. The van der Waals surface area contributed by atoms with Gasteiger partial charge in [0, 0.05) is 19.3 Å². The summed E-state index contributed by atoms with van der Waals surface area (Å²) in [5.74, 6) is -0.531. The number of ether oxygens (including phenoxy) is 1. The fourth-order valence-corrected chi connectivity index (χ4v) is 2.46. The Morgan fingerprint density at radius 3 is 2.15 bits per heavy atom. The van der Waals surface area contributed by atoms with Gasteiger partial charge < -0.3 is 20.5 Å². The molecule has 0 saturated carbocycles. The van der Waals surface area contributed by atoms with Crippen molar-refractivity contribution in [3.05, 3.63) is 0 Å². The lowest BCUT2D eigenvalue weighted by Gasteiger charge is -2.23. The van der Waals surface area contributed by atoms with Gasteiger partial charge in [-0.3, -0.25) is 14.4 Å². The molecule has 0 heterocycles. The summed E-state index contributed by atoms with van der Waals surface area (Å²) in [6, 6.07) is 0. The zero-order valence-corrected chi connectivity index (χ0v) is 16.5. The van der Waals surface area contributed by atoms with Crippen LogP contribution < -0.4 is 10.6 Å². The van der Waals surface area contributed by atoms with Gasteiger partial charge in [-0.05, 0) is 25.7 Å². The first-order valence-corrected chi connectivity index (χ1v) is 9.85. The molecule has 0 aromatic rings. The first-order chi connectivity index (χ1) is 12.4. The molecule has 152 valence electrons. The quantitative estimate of drug-likeness (QED) is 0.233. The molecule has 0 radical (unpaired) electrons. The number of hydrogen-bond donors (Lipinski definition) is 3. The normalized spacial score (nSPS) is 12.9. The van der Waals surface area contributed by atoms with E-state index in [9.17, 15) is 19.5 Å².